The number of likely N-dealkylation sites (N-methyl/N-ethyl adjacent to an activating group) is 1. The number of carbonyl (C=O) groups is 1. The number of benzene rings is 2. The third kappa shape index (κ3) is 7.29. The molecule has 0 bridgehead atoms. The van der Waals surface area contributed by atoms with Crippen molar-refractivity contribution in [3.63, 3.8) is 0 Å². The predicted octanol–water partition coefficient (Wildman–Crippen LogP) is 4.06. The minimum absolute atomic E-state index is 0.0828. The molecule has 0 radical (unpaired) electrons. The molecule has 0 atom stereocenters. The monoisotopic (exact) mass is 564 g/mol. The second kappa shape index (κ2) is 13.0. The molecule has 2 aromatic heterocycles. The highest BCUT2D eigenvalue weighted by atomic mass is 19.4. The SMILES string of the molecule is CO.Cc1ccc(C(=O)Nc2ccc(CN3CCN(C)CC3)c(C(F)(F)F)c2)cc1C#Cc1cnc2cccnn12. The molecule has 1 aliphatic heterocycles. The molecule has 1 saturated heterocycles. The number of anilines is 1. The molecule has 0 aliphatic carbocycles. The zero-order valence-electron chi connectivity index (χ0n) is 23.0. The van der Waals surface area contributed by atoms with Crippen LogP contribution >= 0.6 is 0 Å². The molecule has 1 fully saturated rings. The summed E-state index contributed by atoms with van der Waals surface area (Å²) in [5, 5.41) is 13.9. The average molecular weight is 565 g/mol. The lowest BCUT2D eigenvalue weighted by atomic mass is 10.0. The summed E-state index contributed by atoms with van der Waals surface area (Å²) in [6.07, 6.45) is -1.28. The van der Waals surface area contributed by atoms with E-state index >= 15 is 0 Å². The molecule has 214 valence electrons. The van der Waals surface area contributed by atoms with Gasteiger partial charge in [-0.3, -0.25) is 9.69 Å². The molecule has 4 aromatic rings. The molecule has 0 saturated carbocycles. The minimum Gasteiger partial charge on any atom is -0.400 e. The van der Waals surface area contributed by atoms with Gasteiger partial charge < -0.3 is 15.3 Å². The Hall–Kier alpha value is -4.24. The average Bonchev–Trinajstić information content (AvgIpc) is 3.38. The molecule has 3 heterocycles. The van der Waals surface area contributed by atoms with Gasteiger partial charge in [0.2, 0.25) is 0 Å². The Bertz CT molecular complexity index is 1580. The summed E-state index contributed by atoms with van der Waals surface area (Å²) in [5.74, 6) is 5.57. The Kier molecular flexibility index (Phi) is 9.39. The number of amides is 1. The van der Waals surface area contributed by atoms with Crippen LogP contribution in [0.25, 0.3) is 5.65 Å². The van der Waals surface area contributed by atoms with Crippen LogP contribution in [0, 0.1) is 18.8 Å². The molecule has 1 amide bonds. The van der Waals surface area contributed by atoms with Gasteiger partial charge in [-0.05, 0) is 67.4 Å². The first-order valence-electron chi connectivity index (χ1n) is 13.0. The highest BCUT2D eigenvalue weighted by Gasteiger charge is 2.34. The third-order valence-electron chi connectivity index (χ3n) is 6.77. The van der Waals surface area contributed by atoms with E-state index in [4.69, 9.17) is 5.11 Å². The number of aryl methyl sites for hydroxylation is 1. The van der Waals surface area contributed by atoms with Gasteiger partial charge in [-0.25, -0.2) is 9.50 Å². The van der Waals surface area contributed by atoms with Crippen molar-refractivity contribution in [3.8, 4) is 11.8 Å². The van der Waals surface area contributed by atoms with Crippen LogP contribution in [0.15, 0.2) is 60.9 Å². The van der Waals surface area contributed by atoms with E-state index in [0.717, 1.165) is 31.8 Å². The first-order valence-corrected chi connectivity index (χ1v) is 13.0. The smallest absolute Gasteiger partial charge is 0.400 e. The number of aromatic nitrogens is 3. The summed E-state index contributed by atoms with van der Waals surface area (Å²) in [7, 11) is 3.00. The number of hydrogen-bond acceptors (Lipinski definition) is 6. The van der Waals surface area contributed by atoms with Crippen molar-refractivity contribution < 1.29 is 23.1 Å². The maximum Gasteiger partial charge on any atom is 0.416 e. The van der Waals surface area contributed by atoms with Gasteiger partial charge in [-0.1, -0.05) is 18.1 Å². The number of aliphatic hydroxyl groups is 1. The molecule has 11 heteroatoms. The van der Waals surface area contributed by atoms with E-state index < -0.39 is 17.6 Å². The molecular formula is C30H31F3N6O2. The number of halogens is 3. The van der Waals surface area contributed by atoms with Crippen molar-refractivity contribution in [2.24, 2.45) is 0 Å². The molecule has 41 heavy (non-hydrogen) atoms. The van der Waals surface area contributed by atoms with E-state index in [1.807, 2.05) is 24.9 Å². The minimum atomic E-state index is -4.54. The summed E-state index contributed by atoms with van der Waals surface area (Å²) in [4.78, 5) is 21.4. The van der Waals surface area contributed by atoms with Gasteiger partial charge in [0.1, 0.15) is 5.69 Å². The van der Waals surface area contributed by atoms with Crippen molar-refractivity contribution in [1.82, 2.24) is 24.4 Å². The molecule has 2 aromatic carbocycles. The number of nitrogens with zero attached hydrogens (tertiary/aromatic N) is 5. The van der Waals surface area contributed by atoms with Crippen molar-refractivity contribution in [2.45, 2.75) is 19.6 Å². The maximum atomic E-state index is 13.9. The molecule has 2 N–H and O–H groups in total. The van der Waals surface area contributed by atoms with Gasteiger partial charge in [0, 0.05) is 62.8 Å². The van der Waals surface area contributed by atoms with Crippen molar-refractivity contribution in [2.75, 3.05) is 45.7 Å². The molecule has 1 aliphatic rings. The quantitative estimate of drug-likeness (QED) is 0.364. The topological polar surface area (TPSA) is 86.0 Å². The van der Waals surface area contributed by atoms with Crippen LogP contribution in [0.5, 0.6) is 0 Å². The number of hydrogen-bond donors (Lipinski definition) is 2. The molecule has 5 rings (SSSR count). The number of rotatable bonds is 4. The fourth-order valence-electron chi connectivity index (χ4n) is 4.45. The summed E-state index contributed by atoms with van der Waals surface area (Å²) in [5.41, 5.74) is 2.56. The fraction of sp³-hybridized carbons (Fsp3) is 0.300. The van der Waals surface area contributed by atoms with Crippen molar-refractivity contribution in [1.29, 1.82) is 0 Å². The first kappa shape index (κ1) is 29.7. The predicted molar refractivity (Wildman–Crippen MR) is 150 cm³/mol. The summed E-state index contributed by atoms with van der Waals surface area (Å²) >= 11 is 0. The zero-order valence-corrected chi connectivity index (χ0v) is 23.0. The van der Waals surface area contributed by atoms with Crippen LogP contribution in [0.4, 0.5) is 18.9 Å². The number of carbonyl (C=O) groups excluding carboxylic acids is 1. The van der Waals surface area contributed by atoms with E-state index in [2.05, 4.69) is 32.1 Å². The number of nitrogens with one attached hydrogen (secondary N) is 1. The lowest BCUT2D eigenvalue weighted by molar-refractivity contribution is -0.138. The second-order valence-electron chi connectivity index (χ2n) is 9.62. The summed E-state index contributed by atoms with van der Waals surface area (Å²) in [6, 6.07) is 12.6. The van der Waals surface area contributed by atoms with E-state index in [9.17, 15) is 18.0 Å². The number of alkyl halides is 3. The van der Waals surface area contributed by atoms with Gasteiger partial charge in [0.25, 0.3) is 5.91 Å². The van der Waals surface area contributed by atoms with Crippen molar-refractivity contribution in [3.05, 3.63) is 94.4 Å². The number of imidazole rings is 1. The van der Waals surface area contributed by atoms with Crippen LogP contribution in [-0.4, -0.2) is 75.7 Å². The Balaban J connectivity index is 0.00000189. The summed E-state index contributed by atoms with van der Waals surface area (Å²) in [6.45, 7) is 5.12. The summed E-state index contributed by atoms with van der Waals surface area (Å²) < 4.78 is 43.4. The van der Waals surface area contributed by atoms with Crippen molar-refractivity contribution >= 4 is 17.2 Å². The van der Waals surface area contributed by atoms with E-state index in [-0.39, 0.29) is 23.4 Å². The zero-order chi connectivity index (χ0) is 29.6. The molecular weight excluding hydrogens is 533 g/mol. The van der Waals surface area contributed by atoms with Gasteiger partial charge in [0.15, 0.2) is 5.65 Å². The van der Waals surface area contributed by atoms with Crippen LogP contribution in [0.1, 0.15) is 38.3 Å². The normalized spacial score (nSPS) is 14.1. The van der Waals surface area contributed by atoms with Crippen LogP contribution in [0.2, 0.25) is 0 Å². The lowest BCUT2D eigenvalue weighted by Gasteiger charge is -2.33. The Labute approximate surface area is 236 Å². The Morgan fingerprint density at radius 3 is 2.54 bits per heavy atom. The van der Waals surface area contributed by atoms with E-state index in [0.29, 0.717) is 30.0 Å². The van der Waals surface area contributed by atoms with Gasteiger partial charge in [-0.2, -0.15) is 18.3 Å². The Morgan fingerprint density at radius 1 is 1.05 bits per heavy atom. The second-order valence-corrected chi connectivity index (χ2v) is 9.62. The molecule has 0 unspecified atom stereocenters. The molecule has 8 nitrogen and oxygen atoms in total. The van der Waals surface area contributed by atoms with Gasteiger partial charge in [-0.15, -0.1) is 0 Å². The fourth-order valence-corrected chi connectivity index (χ4v) is 4.45. The number of piperazine rings is 1. The van der Waals surface area contributed by atoms with Crippen LogP contribution in [-0.2, 0) is 12.7 Å². The van der Waals surface area contributed by atoms with Gasteiger partial charge >= 0.3 is 6.18 Å². The third-order valence-corrected chi connectivity index (χ3v) is 6.77. The first-order chi connectivity index (χ1) is 19.7. The lowest BCUT2D eigenvalue weighted by Crippen LogP contribution is -2.44. The highest BCUT2D eigenvalue weighted by Crippen LogP contribution is 2.34. The van der Waals surface area contributed by atoms with Gasteiger partial charge in [0.05, 0.1) is 11.8 Å². The van der Waals surface area contributed by atoms with E-state index in [1.54, 1.807) is 41.2 Å². The highest BCUT2D eigenvalue weighted by molar-refractivity contribution is 6.04. The van der Waals surface area contributed by atoms with Crippen LogP contribution < -0.4 is 5.32 Å². The number of aliphatic hydroxyl groups excluding tert-OH is 1. The molecule has 0 spiro atoms. The Morgan fingerprint density at radius 2 is 1.80 bits per heavy atom. The standard InChI is InChI=1S/C29H27F3N6O.CH4O/c1-20-5-6-22(16-21(20)8-10-25-18-33-27-4-3-11-34-38(25)27)28(39)35-24-9-7-23(26(17-24)29(30,31)32)19-37-14-12-36(2)13-15-37;1-2/h3-7,9,11,16-18H,12-15,19H2,1-2H3,(H,35,39);2H,1H3. The van der Waals surface area contributed by atoms with E-state index in [1.165, 1.54) is 12.1 Å². The maximum absolute atomic E-state index is 13.9. The number of fused-ring (bicyclic) bond motifs is 1. The van der Waals surface area contributed by atoms with Crippen LogP contribution in [0.3, 0.4) is 0 Å². The largest absolute Gasteiger partial charge is 0.416 e.